The van der Waals surface area contributed by atoms with E-state index >= 15 is 0 Å². The third-order valence-electron chi connectivity index (χ3n) is 2.57. The Balaban J connectivity index is 2.17. The summed E-state index contributed by atoms with van der Waals surface area (Å²) < 4.78 is 15.4. The monoisotopic (exact) mass is 232 g/mol. The fourth-order valence-electron chi connectivity index (χ4n) is 1.85. The SMILES string of the molecule is OB(O)Oc1cccc2cc3c(cc12)OCO3. The van der Waals surface area contributed by atoms with Crippen molar-refractivity contribution in [3.8, 4) is 17.2 Å². The van der Waals surface area contributed by atoms with Crippen LogP contribution in [-0.4, -0.2) is 24.2 Å². The van der Waals surface area contributed by atoms with Gasteiger partial charge in [-0.15, -0.1) is 0 Å². The van der Waals surface area contributed by atoms with Crippen molar-refractivity contribution >= 4 is 18.1 Å². The molecule has 1 aliphatic rings. The number of rotatable bonds is 2. The predicted octanol–water partition coefficient (Wildman–Crippen LogP) is 0.917. The van der Waals surface area contributed by atoms with Gasteiger partial charge in [-0.1, -0.05) is 12.1 Å². The normalized spacial score (nSPS) is 12.8. The van der Waals surface area contributed by atoms with Gasteiger partial charge in [0.1, 0.15) is 5.75 Å². The van der Waals surface area contributed by atoms with Gasteiger partial charge in [0.15, 0.2) is 11.5 Å². The molecule has 17 heavy (non-hydrogen) atoms. The summed E-state index contributed by atoms with van der Waals surface area (Å²) in [5.41, 5.74) is 0. The standard InChI is InChI=1S/C11H9BO5/c13-12(14)17-9-3-1-2-7-4-10-11(5-8(7)9)16-6-15-10/h1-5,13-14H,6H2. The zero-order valence-corrected chi connectivity index (χ0v) is 8.79. The molecule has 0 saturated heterocycles. The topological polar surface area (TPSA) is 68.2 Å². The molecule has 6 heteroatoms. The van der Waals surface area contributed by atoms with Crippen LogP contribution >= 0.6 is 0 Å². The third kappa shape index (κ3) is 1.77. The summed E-state index contributed by atoms with van der Waals surface area (Å²) in [5, 5.41) is 19.3. The minimum atomic E-state index is -1.84. The first-order chi connectivity index (χ1) is 8.24. The van der Waals surface area contributed by atoms with Crippen LogP contribution in [-0.2, 0) is 0 Å². The Morgan fingerprint density at radius 2 is 1.88 bits per heavy atom. The van der Waals surface area contributed by atoms with Crippen molar-refractivity contribution in [3.05, 3.63) is 30.3 Å². The molecule has 0 aliphatic carbocycles. The summed E-state index contributed by atoms with van der Waals surface area (Å²) >= 11 is 0. The molecule has 2 aromatic carbocycles. The zero-order valence-electron chi connectivity index (χ0n) is 8.79. The molecule has 0 amide bonds. The lowest BCUT2D eigenvalue weighted by Gasteiger charge is -2.09. The number of hydrogen-bond acceptors (Lipinski definition) is 5. The molecule has 0 bridgehead atoms. The van der Waals surface area contributed by atoms with E-state index in [1.54, 1.807) is 18.2 Å². The first-order valence-corrected chi connectivity index (χ1v) is 5.09. The minimum Gasteiger partial charge on any atom is -0.512 e. The molecule has 1 heterocycles. The molecule has 86 valence electrons. The number of hydrogen-bond donors (Lipinski definition) is 2. The predicted molar refractivity (Wildman–Crippen MR) is 60.9 cm³/mol. The molecule has 0 fully saturated rings. The van der Waals surface area contributed by atoms with Crippen LogP contribution in [0.2, 0.25) is 0 Å². The van der Waals surface area contributed by atoms with Gasteiger partial charge in [0.05, 0.1) is 0 Å². The van der Waals surface area contributed by atoms with E-state index in [1.807, 2.05) is 12.1 Å². The summed E-state index contributed by atoms with van der Waals surface area (Å²) in [7, 11) is -1.84. The van der Waals surface area contributed by atoms with Gasteiger partial charge in [0.25, 0.3) is 0 Å². The number of fused-ring (bicyclic) bond motifs is 2. The van der Waals surface area contributed by atoms with E-state index in [9.17, 15) is 0 Å². The van der Waals surface area contributed by atoms with Crippen LogP contribution in [0.25, 0.3) is 10.8 Å². The Labute approximate surface area is 97.3 Å². The second-order valence-corrected chi connectivity index (χ2v) is 3.63. The molecule has 5 nitrogen and oxygen atoms in total. The van der Waals surface area contributed by atoms with Crippen LogP contribution in [0.1, 0.15) is 0 Å². The van der Waals surface area contributed by atoms with Crippen molar-refractivity contribution in [1.29, 1.82) is 0 Å². The average molecular weight is 232 g/mol. The molecule has 0 atom stereocenters. The summed E-state index contributed by atoms with van der Waals surface area (Å²) in [5.74, 6) is 1.69. The average Bonchev–Trinajstić information content (AvgIpc) is 2.73. The van der Waals surface area contributed by atoms with Gasteiger partial charge >= 0.3 is 7.32 Å². The molecule has 2 aromatic rings. The highest BCUT2D eigenvalue weighted by atomic mass is 16.7. The van der Waals surface area contributed by atoms with Crippen LogP contribution < -0.4 is 14.1 Å². The molecule has 3 rings (SSSR count). The lowest BCUT2D eigenvalue weighted by Crippen LogP contribution is -2.20. The van der Waals surface area contributed by atoms with Crippen LogP contribution in [0.15, 0.2) is 30.3 Å². The van der Waals surface area contributed by atoms with Gasteiger partial charge in [-0.2, -0.15) is 0 Å². The van der Waals surface area contributed by atoms with Crippen molar-refractivity contribution in [2.75, 3.05) is 6.79 Å². The van der Waals surface area contributed by atoms with Gasteiger partial charge in [-0.3, -0.25) is 0 Å². The van der Waals surface area contributed by atoms with E-state index in [0.29, 0.717) is 17.2 Å². The van der Waals surface area contributed by atoms with E-state index in [2.05, 4.69) is 0 Å². The molecule has 0 saturated carbocycles. The fraction of sp³-hybridized carbons (Fsp3) is 0.0909. The lowest BCUT2D eigenvalue weighted by molar-refractivity contribution is 0.174. The maximum absolute atomic E-state index is 8.84. The molecule has 0 radical (unpaired) electrons. The highest BCUT2D eigenvalue weighted by Gasteiger charge is 2.18. The molecular weight excluding hydrogens is 223 g/mol. The van der Waals surface area contributed by atoms with Crippen LogP contribution in [0.3, 0.4) is 0 Å². The van der Waals surface area contributed by atoms with Gasteiger partial charge in [0.2, 0.25) is 6.79 Å². The smallest absolute Gasteiger partial charge is 0.512 e. The van der Waals surface area contributed by atoms with Gasteiger partial charge in [-0.25, -0.2) is 0 Å². The summed E-state index contributed by atoms with van der Waals surface area (Å²) in [6, 6.07) is 8.89. The van der Waals surface area contributed by atoms with E-state index < -0.39 is 7.32 Å². The minimum absolute atomic E-state index is 0.199. The highest BCUT2D eigenvalue weighted by molar-refractivity contribution is 6.34. The van der Waals surface area contributed by atoms with E-state index in [1.165, 1.54) is 0 Å². The maximum atomic E-state index is 8.84. The van der Waals surface area contributed by atoms with E-state index in [-0.39, 0.29) is 6.79 Å². The highest BCUT2D eigenvalue weighted by Crippen LogP contribution is 2.39. The molecular formula is C11H9BO5. The molecule has 0 aromatic heterocycles. The second-order valence-electron chi connectivity index (χ2n) is 3.63. The Hall–Kier alpha value is -1.92. The van der Waals surface area contributed by atoms with Crippen LogP contribution in [0.4, 0.5) is 0 Å². The molecule has 0 unspecified atom stereocenters. The number of ether oxygens (including phenoxy) is 2. The zero-order chi connectivity index (χ0) is 11.8. The van der Waals surface area contributed by atoms with Crippen molar-refractivity contribution in [2.45, 2.75) is 0 Å². The van der Waals surface area contributed by atoms with E-state index in [0.717, 1.165) is 10.8 Å². The third-order valence-corrected chi connectivity index (χ3v) is 2.57. The maximum Gasteiger partial charge on any atom is 0.707 e. The van der Waals surface area contributed by atoms with Gasteiger partial charge < -0.3 is 24.2 Å². The summed E-state index contributed by atoms with van der Waals surface area (Å²) in [6.07, 6.45) is 0. The summed E-state index contributed by atoms with van der Waals surface area (Å²) in [4.78, 5) is 0. The largest absolute Gasteiger partial charge is 0.707 e. The fourth-order valence-corrected chi connectivity index (χ4v) is 1.85. The first kappa shape index (κ1) is 10.3. The molecule has 0 spiro atoms. The Bertz CT molecular complexity index is 569. The Morgan fingerprint density at radius 1 is 1.12 bits per heavy atom. The van der Waals surface area contributed by atoms with Crippen molar-refractivity contribution < 1.29 is 24.2 Å². The Morgan fingerprint density at radius 3 is 2.65 bits per heavy atom. The second kappa shape index (κ2) is 3.83. The van der Waals surface area contributed by atoms with E-state index in [4.69, 9.17) is 24.2 Å². The van der Waals surface area contributed by atoms with Crippen molar-refractivity contribution in [2.24, 2.45) is 0 Å². The van der Waals surface area contributed by atoms with Crippen LogP contribution in [0, 0.1) is 0 Å². The molecule has 2 N–H and O–H groups in total. The van der Waals surface area contributed by atoms with Crippen molar-refractivity contribution in [1.82, 2.24) is 0 Å². The van der Waals surface area contributed by atoms with Crippen molar-refractivity contribution in [3.63, 3.8) is 0 Å². The Kier molecular flexibility index (Phi) is 2.31. The quantitative estimate of drug-likeness (QED) is 0.753. The summed E-state index contributed by atoms with van der Waals surface area (Å²) in [6.45, 7) is 0.199. The van der Waals surface area contributed by atoms with Gasteiger partial charge in [-0.05, 0) is 23.6 Å². The lowest BCUT2D eigenvalue weighted by atomic mass is 10.1. The van der Waals surface area contributed by atoms with Crippen LogP contribution in [0.5, 0.6) is 17.2 Å². The van der Waals surface area contributed by atoms with Gasteiger partial charge in [0, 0.05) is 5.39 Å². The molecule has 1 aliphatic heterocycles. The first-order valence-electron chi connectivity index (χ1n) is 5.09. The number of benzene rings is 2.